The Balaban J connectivity index is 2.42. The second-order valence-corrected chi connectivity index (χ2v) is 4.48. The number of hydrogen-bond acceptors (Lipinski definition) is 4. The quantitative estimate of drug-likeness (QED) is 0.440. The van der Waals surface area contributed by atoms with Crippen LogP contribution in [0.4, 0.5) is 26.3 Å². The molecule has 10 heteroatoms. The van der Waals surface area contributed by atoms with Crippen molar-refractivity contribution >= 4 is 6.29 Å². The maximum atomic E-state index is 13.6. The Kier molecular flexibility index (Phi) is 5.10. The summed E-state index contributed by atoms with van der Waals surface area (Å²) in [5, 5.41) is 0. The van der Waals surface area contributed by atoms with Gasteiger partial charge < -0.3 is 14.2 Å². The van der Waals surface area contributed by atoms with E-state index in [9.17, 15) is 31.1 Å². The molecule has 2 aromatic carbocycles. The first-order valence-electron chi connectivity index (χ1n) is 6.40. The summed E-state index contributed by atoms with van der Waals surface area (Å²) in [5.41, 5.74) is -0.906. The number of methoxy groups -OCH3 is 1. The largest absolute Gasteiger partial charge is 0.573 e. The van der Waals surface area contributed by atoms with Crippen molar-refractivity contribution in [3.05, 3.63) is 47.3 Å². The van der Waals surface area contributed by atoms with Crippen molar-refractivity contribution in [1.29, 1.82) is 0 Å². The van der Waals surface area contributed by atoms with Crippen molar-refractivity contribution in [2.24, 2.45) is 0 Å². The fourth-order valence-electron chi connectivity index (χ4n) is 1.83. The van der Waals surface area contributed by atoms with E-state index in [0.717, 1.165) is 25.3 Å². The van der Waals surface area contributed by atoms with Gasteiger partial charge in [0.2, 0.25) is 0 Å². The summed E-state index contributed by atoms with van der Waals surface area (Å²) in [6.45, 7) is 0. The number of carbonyl (C=O) groups excluding carboxylic acids is 1. The van der Waals surface area contributed by atoms with Crippen LogP contribution in [0.3, 0.4) is 0 Å². The van der Waals surface area contributed by atoms with Crippen LogP contribution < -0.4 is 14.2 Å². The highest BCUT2D eigenvalue weighted by atomic mass is 19.4. The van der Waals surface area contributed by atoms with E-state index in [1.165, 1.54) is 0 Å². The molecule has 2 aromatic rings. The molecule has 4 nitrogen and oxygen atoms in total. The third-order valence-electron chi connectivity index (χ3n) is 2.87. The molecule has 0 fully saturated rings. The highest BCUT2D eigenvalue weighted by molar-refractivity contribution is 5.80. The predicted molar refractivity (Wildman–Crippen MR) is 71.5 cm³/mol. The summed E-state index contributed by atoms with van der Waals surface area (Å²) in [6.07, 6.45) is -5.04. The smallest absolute Gasteiger partial charge is 0.493 e. The summed E-state index contributed by atoms with van der Waals surface area (Å²) < 4.78 is 90.2. The SMILES string of the molecule is COc1cc(OC(F)(F)F)ccc1Oc1cc(F)c(F)c(F)c1C=O. The minimum absolute atomic E-state index is 0.0964. The van der Waals surface area contributed by atoms with Crippen molar-refractivity contribution in [2.75, 3.05) is 7.11 Å². The highest BCUT2D eigenvalue weighted by Gasteiger charge is 2.31. The van der Waals surface area contributed by atoms with Gasteiger partial charge in [-0.3, -0.25) is 4.79 Å². The van der Waals surface area contributed by atoms with Crippen molar-refractivity contribution < 1.29 is 45.3 Å². The molecule has 25 heavy (non-hydrogen) atoms. The number of carbonyl (C=O) groups is 1. The molecule has 0 bridgehead atoms. The first-order valence-corrected chi connectivity index (χ1v) is 6.40. The van der Waals surface area contributed by atoms with Crippen LogP contribution in [-0.2, 0) is 0 Å². The number of aldehydes is 1. The lowest BCUT2D eigenvalue weighted by molar-refractivity contribution is -0.274. The summed E-state index contributed by atoms with van der Waals surface area (Å²) in [7, 11) is 1.09. The molecule has 0 radical (unpaired) electrons. The zero-order chi connectivity index (χ0) is 18.8. The monoisotopic (exact) mass is 366 g/mol. The lowest BCUT2D eigenvalue weighted by Crippen LogP contribution is -2.17. The molecule has 0 saturated carbocycles. The fraction of sp³-hybridized carbons (Fsp3) is 0.133. The maximum absolute atomic E-state index is 13.6. The molecule has 0 heterocycles. The van der Waals surface area contributed by atoms with Gasteiger partial charge in [0.1, 0.15) is 11.5 Å². The van der Waals surface area contributed by atoms with E-state index in [4.69, 9.17) is 9.47 Å². The average Bonchev–Trinajstić information content (AvgIpc) is 2.53. The van der Waals surface area contributed by atoms with Gasteiger partial charge in [0.25, 0.3) is 0 Å². The third kappa shape index (κ3) is 4.14. The van der Waals surface area contributed by atoms with Crippen molar-refractivity contribution in [3.8, 4) is 23.0 Å². The number of ether oxygens (including phenoxy) is 3. The lowest BCUT2D eigenvalue weighted by Gasteiger charge is -2.14. The second kappa shape index (κ2) is 6.91. The van der Waals surface area contributed by atoms with Crippen LogP contribution in [-0.4, -0.2) is 19.8 Å². The standard InChI is InChI=1S/C15H8F6O4/c1-23-12-4-7(25-15(19,20)21)2-3-10(12)24-11-5-9(16)14(18)13(17)8(11)6-22/h2-6H,1H3. The van der Waals surface area contributed by atoms with Gasteiger partial charge in [-0.1, -0.05) is 0 Å². The topological polar surface area (TPSA) is 44.8 Å². The second-order valence-electron chi connectivity index (χ2n) is 4.48. The predicted octanol–water partition coefficient (Wildman–Crippen LogP) is 4.62. The molecule has 0 aliphatic rings. The van der Waals surface area contributed by atoms with E-state index in [1.54, 1.807) is 0 Å². The van der Waals surface area contributed by atoms with Crippen molar-refractivity contribution in [2.45, 2.75) is 6.36 Å². The van der Waals surface area contributed by atoms with Crippen molar-refractivity contribution in [1.82, 2.24) is 0 Å². The number of alkyl halides is 3. The first kappa shape index (κ1) is 18.4. The molecule has 0 amide bonds. The van der Waals surface area contributed by atoms with Gasteiger partial charge in [0.05, 0.1) is 12.7 Å². The lowest BCUT2D eigenvalue weighted by atomic mass is 10.2. The third-order valence-corrected chi connectivity index (χ3v) is 2.87. The number of hydrogen-bond donors (Lipinski definition) is 0. The molecule has 0 unspecified atom stereocenters. The van der Waals surface area contributed by atoms with Crippen LogP contribution in [0.15, 0.2) is 24.3 Å². The zero-order valence-electron chi connectivity index (χ0n) is 12.3. The van der Waals surface area contributed by atoms with Gasteiger partial charge in [-0.25, -0.2) is 13.2 Å². The zero-order valence-corrected chi connectivity index (χ0v) is 12.3. The van der Waals surface area contributed by atoms with E-state index >= 15 is 0 Å². The number of benzene rings is 2. The van der Waals surface area contributed by atoms with Gasteiger partial charge in [-0.2, -0.15) is 0 Å². The van der Waals surface area contributed by atoms with Crippen LogP contribution in [0, 0.1) is 17.5 Å². The molecule has 0 saturated heterocycles. The molecule has 0 aliphatic carbocycles. The van der Waals surface area contributed by atoms with Crippen LogP contribution >= 0.6 is 0 Å². The molecule has 2 rings (SSSR count). The van der Waals surface area contributed by atoms with E-state index in [0.29, 0.717) is 6.07 Å². The fourth-order valence-corrected chi connectivity index (χ4v) is 1.83. The molecule has 0 spiro atoms. The van der Waals surface area contributed by atoms with Gasteiger partial charge in [-0.05, 0) is 12.1 Å². The number of rotatable bonds is 5. The van der Waals surface area contributed by atoms with Crippen LogP contribution in [0.2, 0.25) is 0 Å². The Hall–Kier alpha value is -2.91. The summed E-state index contributed by atoms with van der Waals surface area (Å²) >= 11 is 0. The van der Waals surface area contributed by atoms with Crippen LogP contribution in [0.25, 0.3) is 0 Å². The van der Waals surface area contributed by atoms with Crippen LogP contribution in [0.5, 0.6) is 23.0 Å². The first-order chi connectivity index (χ1) is 11.7. The Morgan fingerprint density at radius 1 is 0.960 bits per heavy atom. The molecule has 0 aliphatic heterocycles. The molecule has 0 aromatic heterocycles. The summed E-state index contributed by atoms with van der Waals surface area (Å²) in [5.74, 6) is -7.14. The minimum Gasteiger partial charge on any atom is -0.493 e. The Morgan fingerprint density at radius 3 is 2.20 bits per heavy atom. The van der Waals surface area contributed by atoms with Crippen LogP contribution in [0.1, 0.15) is 10.4 Å². The van der Waals surface area contributed by atoms with Gasteiger partial charge in [0, 0.05) is 12.1 Å². The summed E-state index contributed by atoms with van der Waals surface area (Å²) in [4.78, 5) is 10.9. The summed E-state index contributed by atoms with van der Waals surface area (Å²) in [6, 6.07) is 3.02. The van der Waals surface area contributed by atoms with Gasteiger partial charge >= 0.3 is 6.36 Å². The van der Waals surface area contributed by atoms with Gasteiger partial charge in [-0.15, -0.1) is 13.2 Å². The highest BCUT2D eigenvalue weighted by Crippen LogP contribution is 2.38. The Bertz CT molecular complexity index is 804. The minimum atomic E-state index is -4.94. The number of halogens is 6. The average molecular weight is 366 g/mol. The normalized spacial score (nSPS) is 11.2. The van der Waals surface area contributed by atoms with E-state index in [-0.39, 0.29) is 17.8 Å². The molecular formula is C15H8F6O4. The van der Waals surface area contributed by atoms with E-state index < -0.39 is 40.9 Å². The Morgan fingerprint density at radius 2 is 1.64 bits per heavy atom. The van der Waals surface area contributed by atoms with Crippen molar-refractivity contribution in [3.63, 3.8) is 0 Å². The maximum Gasteiger partial charge on any atom is 0.573 e. The van der Waals surface area contributed by atoms with E-state index in [2.05, 4.69) is 4.74 Å². The molecule has 0 atom stereocenters. The Labute approximate surface area is 136 Å². The van der Waals surface area contributed by atoms with Gasteiger partial charge in [0.15, 0.2) is 35.2 Å². The van der Waals surface area contributed by atoms with E-state index in [1.807, 2.05) is 0 Å². The molecule has 0 N–H and O–H groups in total. The molecular weight excluding hydrogens is 358 g/mol. The molecule has 134 valence electrons.